The molecule has 2 heterocycles. The Balaban J connectivity index is 1.52. The summed E-state index contributed by atoms with van der Waals surface area (Å²) in [5, 5.41) is 10.2. The third kappa shape index (κ3) is 6.66. The summed E-state index contributed by atoms with van der Waals surface area (Å²) in [5.41, 5.74) is 2.73. The smallest absolute Gasteiger partial charge is 0.232 e. The molecule has 1 saturated heterocycles. The quantitative estimate of drug-likeness (QED) is 0.321. The van der Waals surface area contributed by atoms with E-state index in [2.05, 4.69) is 31.4 Å². The van der Waals surface area contributed by atoms with Crippen molar-refractivity contribution in [1.29, 1.82) is 0 Å². The van der Waals surface area contributed by atoms with Crippen molar-refractivity contribution in [2.45, 2.75) is 56.9 Å². The number of nitrogens with zero attached hydrogens (tertiary/aromatic N) is 4. The summed E-state index contributed by atoms with van der Waals surface area (Å²) in [4.78, 5) is 33.7. The van der Waals surface area contributed by atoms with Crippen LogP contribution in [0.2, 0.25) is 0 Å². The summed E-state index contributed by atoms with van der Waals surface area (Å²) in [6.45, 7) is 3.47. The minimum absolute atomic E-state index is 0.108. The van der Waals surface area contributed by atoms with E-state index in [1.165, 1.54) is 12.8 Å². The number of likely N-dealkylation sites (N-methyl/N-ethyl adjacent to an activating group) is 1. The second kappa shape index (κ2) is 11.4. The highest BCUT2D eigenvalue weighted by atomic mass is 16.2. The summed E-state index contributed by atoms with van der Waals surface area (Å²) in [7, 11) is 4.03. The first-order valence-electron chi connectivity index (χ1n) is 12.5. The topological polar surface area (TPSA) is 93.7 Å². The first kappa shape index (κ1) is 24.9. The van der Waals surface area contributed by atoms with Crippen molar-refractivity contribution in [2.24, 2.45) is 4.99 Å². The molecule has 186 valence electrons. The van der Waals surface area contributed by atoms with Crippen LogP contribution in [0.25, 0.3) is 0 Å². The average molecular weight is 477 g/mol. The van der Waals surface area contributed by atoms with Crippen LogP contribution in [0.3, 0.4) is 0 Å². The molecule has 35 heavy (non-hydrogen) atoms. The molecule has 2 N–H and O–H groups in total. The van der Waals surface area contributed by atoms with Crippen LogP contribution in [-0.2, 0) is 9.59 Å². The Hall–Kier alpha value is -3.26. The molecule has 0 bridgehead atoms. The number of rotatable bonds is 9. The zero-order valence-corrected chi connectivity index (χ0v) is 20.9. The van der Waals surface area contributed by atoms with Gasteiger partial charge in [-0.1, -0.05) is 18.2 Å². The second-order valence-electron chi connectivity index (χ2n) is 9.82. The number of amides is 1. The first-order valence-corrected chi connectivity index (χ1v) is 12.5. The molecule has 2 aliphatic rings. The van der Waals surface area contributed by atoms with E-state index in [4.69, 9.17) is 4.99 Å². The molecule has 2 fully saturated rings. The van der Waals surface area contributed by atoms with Gasteiger partial charge >= 0.3 is 0 Å². The van der Waals surface area contributed by atoms with Crippen molar-refractivity contribution in [3.63, 3.8) is 0 Å². The standard InChI is InChI=1S/C27H36N6O2/c1-19(27(35)29-25-17-24(30-31-25)20-12-13-20)21-8-6-9-22(16-21)28-26(11-7-14-32(2)3)33-15-5-4-10-23(33)18-34/h6-9,11,16-20,23H,4-5,10,12-15H2,1-3H3,(H2,29,30,31,35)/b11-7+,28-26?. The Labute approximate surface area is 207 Å². The number of carbonyl (C=O) groups is 2. The zero-order valence-electron chi connectivity index (χ0n) is 20.9. The van der Waals surface area contributed by atoms with E-state index >= 15 is 0 Å². The maximum Gasteiger partial charge on any atom is 0.232 e. The largest absolute Gasteiger partial charge is 0.347 e. The Bertz CT molecular complexity index is 1080. The van der Waals surface area contributed by atoms with Crippen LogP contribution in [0.1, 0.15) is 62.1 Å². The zero-order chi connectivity index (χ0) is 24.8. The Morgan fingerprint density at radius 2 is 2.11 bits per heavy atom. The van der Waals surface area contributed by atoms with Gasteiger partial charge in [0.2, 0.25) is 5.91 Å². The van der Waals surface area contributed by atoms with Gasteiger partial charge in [-0.15, -0.1) is 0 Å². The van der Waals surface area contributed by atoms with Gasteiger partial charge in [0.25, 0.3) is 0 Å². The number of H-pyrrole nitrogens is 1. The van der Waals surface area contributed by atoms with E-state index in [1.807, 2.05) is 57.4 Å². The number of aromatic amines is 1. The number of carbonyl (C=O) groups excluding carboxylic acids is 2. The SMILES string of the molecule is CC(C(=O)Nc1cc(C2CC2)[nH]n1)c1cccc(N=C(/C=C/CN(C)C)N2CCCCC2C=O)c1. The summed E-state index contributed by atoms with van der Waals surface area (Å²) >= 11 is 0. The average Bonchev–Trinajstić information content (AvgIpc) is 3.61. The Morgan fingerprint density at radius 3 is 2.86 bits per heavy atom. The summed E-state index contributed by atoms with van der Waals surface area (Å²) in [6, 6.07) is 9.52. The predicted molar refractivity (Wildman–Crippen MR) is 139 cm³/mol. The minimum Gasteiger partial charge on any atom is -0.347 e. The first-order chi connectivity index (χ1) is 16.9. The molecule has 1 saturated carbocycles. The molecule has 1 aromatic carbocycles. The molecule has 0 spiro atoms. The molecular weight excluding hydrogens is 440 g/mol. The Kier molecular flexibility index (Phi) is 8.13. The van der Waals surface area contributed by atoms with Crippen LogP contribution < -0.4 is 5.32 Å². The number of piperidine rings is 1. The van der Waals surface area contributed by atoms with Gasteiger partial charge in [-0.05, 0) is 76.9 Å². The van der Waals surface area contributed by atoms with Gasteiger partial charge in [0.15, 0.2) is 5.82 Å². The van der Waals surface area contributed by atoms with Crippen molar-refractivity contribution in [3.05, 3.63) is 53.7 Å². The van der Waals surface area contributed by atoms with E-state index in [0.29, 0.717) is 11.7 Å². The highest BCUT2D eigenvalue weighted by Gasteiger charge is 2.26. The maximum atomic E-state index is 12.9. The van der Waals surface area contributed by atoms with Gasteiger partial charge in [-0.3, -0.25) is 9.89 Å². The van der Waals surface area contributed by atoms with Crippen molar-refractivity contribution >= 4 is 29.5 Å². The van der Waals surface area contributed by atoms with Crippen LogP contribution in [-0.4, -0.2) is 71.3 Å². The van der Waals surface area contributed by atoms with Crippen LogP contribution in [0, 0.1) is 0 Å². The molecule has 0 radical (unpaired) electrons. The number of amidine groups is 1. The molecule has 1 aliphatic heterocycles. The van der Waals surface area contributed by atoms with Crippen LogP contribution in [0.5, 0.6) is 0 Å². The van der Waals surface area contributed by atoms with E-state index in [1.54, 1.807) is 0 Å². The number of likely N-dealkylation sites (tertiary alicyclic amines) is 1. The third-order valence-corrected chi connectivity index (χ3v) is 6.61. The molecule has 8 heteroatoms. The number of hydrogen-bond donors (Lipinski definition) is 2. The number of aliphatic imine (C=N–C) groups is 1. The monoisotopic (exact) mass is 476 g/mol. The van der Waals surface area contributed by atoms with Crippen LogP contribution in [0.4, 0.5) is 11.5 Å². The fourth-order valence-corrected chi connectivity index (χ4v) is 4.34. The number of aromatic nitrogens is 2. The molecule has 1 aromatic heterocycles. The third-order valence-electron chi connectivity index (χ3n) is 6.61. The lowest BCUT2D eigenvalue weighted by Crippen LogP contribution is -2.44. The molecule has 2 atom stereocenters. The highest BCUT2D eigenvalue weighted by molar-refractivity contribution is 5.97. The van der Waals surface area contributed by atoms with E-state index < -0.39 is 0 Å². The summed E-state index contributed by atoms with van der Waals surface area (Å²) in [6.07, 6.45) is 10.4. The van der Waals surface area contributed by atoms with Gasteiger partial charge in [-0.25, -0.2) is 4.99 Å². The Morgan fingerprint density at radius 1 is 1.29 bits per heavy atom. The van der Waals surface area contributed by atoms with E-state index in [9.17, 15) is 9.59 Å². The van der Waals surface area contributed by atoms with Crippen molar-refractivity contribution in [2.75, 3.05) is 32.5 Å². The number of nitrogens with one attached hydrogen (secondary N) is 2. The number of anilines is 1. The number of aldehydes is 1. The molecule has 2 unspecified atom stereocenters. The number of hydrogen-bond acceptors (Lipinski definition) is 5. The van der Waals surface area contributed by atoms with Gasteiger partial charge in [0.1, 0.15) is 12.1 Å². The predicted octanol–water partition coefficient (Wildman–Crippen LogP) is 4.23. The lowest BCUT2D eigenvalue weighted by Gasteiger charge is -2.34. The van der Waals surface area contributed by atoms with Gasteiger partial charge in [0.05, 0.1) is 17.6 Å². The molecule has 2 aromatic rings. The van der Waals surface area contributed by atoms with Crippen LogP contribution in [0.15, 0.2) is 47.5 Å². The van der Waals surface area contributed by atoms with Crippen molar-refractivity contribution in [1.82, 2.24) is 20.0 Å². The summed E-state index contributed by atoms with van der Waals surface area (Å²) < 4.78 is 0. The van der Waals surface area contributed by atoms with Gasteiger partial charge in [0, 0.05) is 30.8 Å². The van der Waals surface area contributed by atoms with Gasteiger partial charge in [-0.2, -0.15) is 5.10 Å². The molecule has 1 aliphatic carbocycles. The van der Waals surface area contributed by atoms with E-state index in [0.717, 1.165) is 61.4 Å². The van der Waals surface area contributed by atoms with Gasteiger partial charge < -0.3 is 19.9 Å². The van der Waals surface area contributed by atoms with Crippen LogP contribution >= 0.6 is 0 Å². The van der Waals surface area contributed by atoms with E-state index in [-0.39, 0.29) is 17.9 Å². The van der Waals surface area contributed by atoms with Crippen molar-refractivity contribution in [3.8, 4) is 0 Å². The second-order valence-corrected chi connectivity index (χ2v) is 9.82. The fraction of sp³-hybridized carbons (Fsp3) is 0.481. The maximum absolute atomic E-state index is 12.9. The minimum atomic E-state index is -0.364. The molecular formula is C27H36N6O2. The lowest BCUT2D eigenvalue weighted by atomic mass is 9.99. The fourth-order valence-electron chi connectivity index (χ4n) is 4.34. The van der Waals surface area contributed by atoms with Crippen molar-refractivity contribution < 1.29 is 9.59 Å². The molecule has 1 amide bonds. The highest BCUT2D eigenvalue weighted by Crippen LogP contribution is 2.39. The number of benzene rings is 1. The normalized spacial score (nSPS) is 19.8. The lowest BCUT2D eigenvalue weighted by molar-refractivity contribution is -0.117. The molecule has 4 rings (SSSR count). The summed E-state index contributed by atoms with van der Waals surface area (Å²) in [5.74, 6) is 1.43. The molecule has 8 nitrogen and oxygen atoms in total.